The minimum absolute atomic E-state index is 0.201. The minimum Gasteiger partial charge on any atom is -0.365 e. The molecule has 2 aromatic carbocycles. The lowest BCUT2D eigenvalue weighted by molar-refractivity contribution is 0.709. The van der Waals surface area contributed by atoms with Gasteiger partial charge in [0.1, 0.15) is 0 Å². The van der Waals surface area contributed by atoms with Crippen LogP contribution in [0, 0.1) is 13.8 Å². The fraction of sp³-hybridized carbons (Fsp3) is 0.238. The third-order valence-electron chi connectivity index (χ3n) is 4.67. The van der Waals surface area contributed by atoms with Crippen molar-refractivity contribution in [3.63, 3.8) is 0 Å². The van der Waals surface area contributed by atoms with Crippen molar-refractivity contribution >= 4 is 27.9 Å². The van der Waals surface area contributed by atoms with E-state index in [4.69, 9.17) is 5.10 Å². The van der Waals surface area contributed by atoms with Crippen LogP contribution in [0.3, 0.4) is 0 Å². The zero-order valence-corrected chi connectivity index (χ0v) is 16.0. The molecule has 5 heteroatoms. The molecule has 4 rings (SSSR count). The van der Waals surface area contributed by atoms with Gasteiger partial charge < -0.3 is 5.32 Å². The zero-order chi connectivity index (χ0) is 18.1. The van der Waals surface area contributed by atoms with Gasteiger partial charge in [-0.2, -0.15) is 5.10 Å². The topological polar surface area (TPSA) is 40.5 Å². The van der Waals surface area contributed by atoms with Crippen molar-refractivity contribution in [2.24, 2.45) is 5.10 Å². The van der Waals surface area contributed by atoms with Crippen molar-refractivity contribution in [1.82, 2.24) is 4.98 Å². The molecule has 1 N–H and O–H groups in total. The lowest BCUT2D eigenvalue weighted by atomic mass is 9.99. The Kier molecular flexibility index (Phi) is 4.47. The Morgan fingerprint density at radius 1 is 1.04 bits per heavy atom. The molecule has 0 saturated carbocycles. The fourth-order valence-corrected chi connectivity index (χ4v) is 4.20. The fourth-order valence-electron chi connectivity index (χ4n) is 3.29. The summed E-state index contributed by atoms with van der Waals surface area (Å²) in [4.78, 5) is 5.76. The summed E-state index contributed by atoms with van der Waals surface area (Å²) in [5.74, 6) is 0. The quantitative estimate of drug-likeness (QED) is 0.697. The largest absolute Gasteiger partial charge is 0.365 e. The maximum absolute atomic E-state index is 5.01. The molecule has 1 aliphatic heterocycles. The van der Waals surface area contributed by atoms with Gasteiger partial charge in [0.05, 0.1) is 28.0 Å². The van der Waals surface area contributed by atoms with E-state index in [0.717, 1.165) is 28.6 Å². The third-order valence-corrected chi connectivity index (χ3v) is 5.89. The summed E-state index contributed by atoms with van der Waals surface area (Å²) in [5.41, 5.74) is 5.82. The molecule has 1 atom stereocenters. The number of nitrogens with one attached hydrogen (secondary N) is 1. The molecule has 0 amide bonds. The van der Waals surface area contributed by atoms with Crippen molar-refractivity contribution in [2.75, 3.05) is 17.4 Å². The predicted octanol–water partition coefficient (Wildman–Crippen LogP) is 5.16. The molecule has 26 heavy (non-hydrogen) atoms. The number of para-hydroxylation sites is 1. The number of rotatable bonds is 4. The van der Waals surface area contributed by atoms with Crippen molar-refractivity contribution in [2.45, 2.75) is 26.3 Å². The van der Waals surface area contributed by atoms with E-state index in [2.05, 4.69) is 77.7 Å². The average Bonchev–Trinajstić information content (AvgIpc) is 3.26. The maximum atomic E-state index is 5.01. The number of aromatic nitrogens is 1. The van der Waals surface area contributed by atoms with Crippen LogP contribution in [0.2, 0.25) is 0 Å². The molecule has 0 aliphatic carbocycles. The maximum Gasteiger partial charge on any atom is 0.183 e. The molecule has 1 unspecified atom stereocenters. The van der Waals surface area contributed by atoms with E-state index in [-0.39, 0.29) is 6.04 Å². The SMILES string of the molecule is CNc1nc(C)c(C2=NN(c3ccccc3)C(c3ccc(C)cc3)C2)s1. The first kappa shape index (κ1) is 16.8. The van der Waals surface area contributed by atoms with Crippen molar-refractivity contribution in [3.05, 3.63) is 76.3 Å². The Balaban J connectivity index is 1.75. The molecule has 132 valence electrons. The molecule has 0 spiro atoms. The number of hydrogen-bond acceptors (Lipinski definition) is 5. The summed E-state index contributed by atoms with van der Waals surface area (Å²) in [5, 5.41) is 11.2. The van der Waals surface area contributed by atoms with Gasteiger partial charge in [0.15, 0.2) is 5.13 Å². The second kappa shape index (κ2) is 6.92. The lowest BCUT2D eigenvalue weighted by Gasteiger charge is -2.24. The number of benzene rings is 2. The number of hydrogen-bond donors (Lipinski definition) is 1. The number of anilines is 2. The van der Waals surface area contributed by atoms with Gasteiger partial charge in [-0.25, -0.2) is 4.98 Å². The zero-order valence-electron chi connectivity index (χ0n) is 15.2. The Morgan fingerprint density at radius 2 is 1.77 bits per heavy atom. The van der Waals surface area contributed by atoms with Gasteiger partial charge in [-0.3, -0.25) is 5.01 Å². The number of nitrogens with zero attached hydrogens (tertiary/aromatic N) is 3. The van der Waals surface area contributed by atoms with Crippen molar-refractivity contribution in [3.8, 4) is 0 Å². The monoisotopic (exact) mass is 362 g/mol. The van der Waals surface area contributed by atoms with E-state index in [1.165, 1.54) is 16.0 Å². The van der Waals surface area contributed by atoms with E-state index in [1.54, 1.807) is 11.3 Å². The van der Waals surface area contributed by atoms with Gasteiger partial charge in [-0.1, -0.05) is 59.4 Å². The van der Waals surface area contributed by atoms with Crippen molar-refractivity contribution < 1.29 is 0 Å². The number of aryl methyl sites for hydroxylation is 2. The van der Waals surface area contributed by atoms with Crippen LogP contribution in [0.5, 0.6) is 0 Å². The first-order valence-corrected chi connectivity index (χ1v) is 9.61. The molecular weight excluding hydrogens is 340 g/mol. The van der Waals surface area contributed by atoms with Crippen LogP contribution in [-0.2, 0) is 0 Å². The molecule has 1 aliphatic rings. The Labute approximate surface area is 158 Å². The lowest BCUT2D eigenvalue weighted by Crippen LogP contribution is -2.18. The summed E-state index contributed by atoms with van der Waals surface area (Å²) < 4.78 is 0. The van der Waals surface area contributed by atoms with E-state index in [9.17, 15) is 0 Å². The normalized spacial score (nSPS) is 16.7. The molecule has 0 radical (unpaired) electrons. The van der Waals surface area contributed by atoms with Crippen LogP contribution >= 0.6 is 11.3 Å². The number of thiazole rings is 1. The highest BCUT2D eigenvalue weighted by molar-refractivity contribution is 7.17. The highest BCUT2D eigenvalue weighted by atomic mass is 32.1. The molecule has 4 nitrogen and oxygen atoms in total. The predicted molar refractivity (Wildman–Crippen MR) is 110 cm³/mol. The highest BCUT2D eigenvalue weighted by Crippen LogP contribution is 2.38. The van der Waals surface area contributed by atoms with Gasteiger partial charge in [-0.05, 0) is 31.5 Å². The van der Waals surface area contributed by atoms with Crippen LogP contribution in [0.15, 0.2) is 59.7 Å². The standard InChI is InChI=1S/C21H22N4S/c1-14-9-11-16(12-10-14)19-13-18(20-15(2)23-21(22-3)26-20)24-25(19)17-7-5-4-6-8-17/h4-12,19H,13H2,1-3H3,(H,22,23). The van der Waals surface area contributed by atoms with Crippen LogP contribution in [0.25, 0.3) is 0 Å². The molecule has 0 fully saturated rings. The van der Waals surface area contributed by atoms with E-state index in [0.29, 0.717) is 0 Å². The second-order valence-corrected chi connectivity index (χ2v) is 7.54. The van der Waals surface area contributed by atoms with Gasteiger partial charge in [-0.15, -0.1) is 0 Å². The molecule has 3 aromatic rings. The van der Waals surface area contributed by atoms with Crippen LogP contribution in [-0.4, -0.2) is 17.7 Å². The van der Waals surface area contributed by atoms with Crippen molar-refractivity contribution in [1.29, 1.82) is 0 Å². The molecule has 0 bridgehead atoms. The van der Waals surface area contributed by atoms with Gasteiger partial charge in [0.25, 0.3) is 0 Å². The Morgan fingerprint density at radius 3 is 2.42 bits per heavy atom. The van der Waals surface area contributed by atoms with Gasteiger partial charge in [0, 0.05) is 13.5 Å². The average molecular weight is 363 g/mol. The van der Waals surface area contributed by atoms with Crippen LogP contribution in [0.4, 0.5) is 10.8 Å². The Hall–Kier alpha value is -2.66. The molecule has 2 heterocycles. The highest BCUT2D eigenvalue weighted by Gasteiger charge is 2.31. The van der Waals surface area contributed by atoms with E-state index in [1.807, 2.05) is 13.1 Å². The third kappa shape index (κ3) is 3.10. The summed E-state index contributed by atoms with van der Waals surface area (Å²) in [6, 6.07) is 19.4. The first-order chi connectivity index (χ1) is 12.7. The summed E-state index contributed by atoms with van der Waals surface area (Å²) in [6.07, 6.45) is 0.879. The number of hydrazone groups is 1. The summed E-state index contributed by atoms with van der Waals surface area (Å²) in [7, 11) is 1.91. The molecular formula is C21H22N4S. The first-order valence-electron chi connectivity index (χ1n) is 8.79. The van der Waals surface area contributed by atoms with E-state index >= 15 is 0 Å². The molecule has 0 saturated heterocycles. The van der Waals surface area contributed by atoms with Crippen LogP contribution < -0.4 is 10.3 Å². The summed E-state index contributed by atoms with van der Waals surface area (Å²) in [6.45, 7) is 4.18. The molecule has 1 aromatic heterocycles. The smallest absolute Gasteiger partial charge is 0.183 e. The van der Waals surface area contributed by atoms with Gasteiger partial charge in [0.2, 0.25) is 0 Å². The second-order valence-electron chi connectivity index (χ2n) is 6.54. The Bertz CT molecular complexity index is 928. The minimum atomic E-state index is 0.201. The van der Waals surface area contributed by atoms with Crippen LogP contribution in [0.1, 0.15) is 34.2 Å². The summed E-state index contributed by atoms with van der Waals surface area (Å²) >= 11 is 1.67. The van der Waals surface area contributed by atoms with E-state index < -0.39 is 0 Å². The van der Waals surface area contributed by atoms with Gasteiger partial charge >= 0.3 is 0 Å².